The van der Waals surface area contributed by atoms with E-state index in [9.17, 15) is 0 Å². The molecule has 0 saturated heterocycles. The van der Waals surface area contributed by atoms with Gasteiger partial charge in [0.1, 0.15) is 12.1 Å². The molecule has 1 aliphatic rings. The second-order valence-corrected chi connectivity index (χ2v) is 4.89. The van der Waals surface area contributed by atoms with Crippen LogP contribution < -0.4 is 5.32 Å². The summed E-state index contributed by atoms with van der Waals surface area (Å²) in [6, 6.07) is 6.24. The molecule has 1 unspecified atom stereocenters. The third-order valence-corrected chi connectivity index (χ3v) is 3.56. The first-order valence-corrected chi connectivity index (χ1v) is 6.88. The zero-order valence-electron chi connectivity index (χ0n) is 11.1. The van der Waals surface area contributed by atoms with Crippen LogP contribution in [0.3, 0.4) is 0 Å². The number of aromatic nitrogens is 3. The summed E-state index contributed by atoms with van der Waals surface area (Å²) in [6.07, 6.45) is 6.79. The van der Waals surface area contributed by atoms with Crippen LogP contribution in [0, 0.1) is 0 Å². The van der Waals surface area contributed by atoms with E-state index in [1.807, 2.05) is 12.3 Å². The van der Waals surface area contributed by atoms with Crippen molar-refractivity contribution in [3.8, 4) is 0 Å². The van der Waals surface area contributed by atoms with Gasteiger partial charge in [-0.2, -0.15) is 0 Å². The molecule has 0 aromatic carbocycles. The Morgan fingerprint density at radius 3 is 3.16 bits per heavy atom. The number of aryl methyl sites for hydroxylation is 1. The summed E-state index contributed by atoms with van der Waals surface area (Å²) in [4.78, 5) is 13.2. The molecule has 0 spiro atoms. The zero-order valence-corrected chi connectivity index (χ0v) is 11.1. The van der Waals surface area contributed by atoms with E-state index in [4.69, 9.17) is 0 Å². The molecule has 1 N–H and O–H groups in total. The highest BCUT2D eigenvalue weighted by Crippen LogP contribution is 2.35. The van der Waals surface area contributed by atoms with Gasteiger partial charge < -0.3 is 5.32 Å². The third-order valence-electron chi connectivity index (χ3n) is 3.56. The molecule has 0 radical (unpaired) electrons. The Morgan fingerprint density at radius 2 is 2.26 bits per heavy atom. The van der Waals surface area contributed by atoms with Crippen molar-refractivity contribution in [2.45, 2.75) is 32.1 Å². The molecule has 2 aromatic rings. The largest absolute Gasteiger partial charge is 0.370 e. The maximum Gasteiger partial charge on any atom is 0.129 e. The van der Waals surface area contributed by atoms with Gasteiger partial charge in [-0.15, -0.1) is 0 Å². The van der Waals surface area contributed by atoms with E-state index in [0.29, 0.717) is 5.92 Å². The minimum absolute atomic E-state index is 0.321. The molecular weight excluding hydrogens is 236 g/mol. The minimum Gasteiger partial charge on any atom is -0.370 e. The highest BCUT2D eigenvalue weighted by Gasteiger charge is 2.26. The monoisotopic (exact) mass is 254 g/mol. The number of hydrogen-bond donors (Lipinski definition) is 1. The van der Waals surface area contributed by atoms with Crippen LogP contribution in [0.15, 0.2) is 30.7 Å². The number of hydrogen-bond acceptors (Lipinski definition) is 4. The van der Waals surface area contributed by atoms with Gasteiger partial charge in [-0.3, -0.25) is 4.98 Å². The molecule has 98 valence electrons. The highest BCUT2D eigenvalue weighted by atomic mass is 15.0. The van der Waals surface area contributed by atoms with Crippen LogP contribution in [0.5, 0.6) is 0 Å². The first kappa shape index (κ1) is 12.1. The number of nitrogens with one attached hydrogen (secondary N) is 1. The number of anilines is 1. The first-order valence-electron chi connectivity index (χ1n) is 6.88. The Balaban J connectivity index is 1.87. The first-order chi connectivity index (χ1) is 9.38. The maximum absolute atomic E-state index is 4.53. The van der Waals surface area contributed by atoms with E-state index in [-0.39, 0.29) is 0 Å². The molecule has 0 aliphatic heterocycles. The molecule has 2 aromatic heterocycles. The molecule has 0 bridgehead atoms. The average molecular weight is 254 g/mol. The average Bonchev–Trinajstić information content (AvgIpc) is 2.89. The summed E-state index contributed by atoms with van der Waals surface area (Å²) in [5, 5.41) is 3.31. The topological polar surface area (TPSA) is 50.7 Å². The van der Waals surface area contributed by atoms with Gasteiger partial charge in [0.05, 0.1) is 11.4 Å². The zero-order chi connectivity index (χ0) is 13.1. The smallest absolute Gasteiger partial charge is 0.129 e. The number of rotatable bonds is 4. The van der Waals surface area contributed by atoms with E-state index in [2.05, 4.69) is 39.3 Å². The second kappa shape index (κ2) is 5.34. The Hall–Kier alpha value is -1.97. The van der Waals surface area contributed by atoms with Crippen molar-refractivity contribution in [2.75, 3.05) is 11.9 Å². The van der Waals surface area contributed by atoms with Crippen molar-refractivity contribution in [3.63, 3.8) is 0 Å². The van der Waals surface area contributed by atoms with Crippen LogP contribution in [-0.2, 0) is 6.42 Å². The summed E-state index contributed by atoms with van der Waals surface area (Å²) in [5.74, 6) is 1.23. The van der Waals surface area contributed by atoms with Gasteiger partial charge in [0.15, 0.2) is 0 Å². The summed E-state index contributed by atoms with van der Waals surface area (Å²) in [6.45, 7) is 3.09. The van der Waals surface area contributed by atoms with Gasteiger partial charge in [0.25, 0.3) is 0 Å². The Labute approximate surface area is 113 Å². The highest BCUT2D eigenvalue weighted by molar-refractivity contribution is 5.41. The van der Waals surface area contributed by atoms with Gasteiger partial charge in [0.2, 0.25) is 0 Å². The molecule has 4 nitrogen and oxygen atoms in total. The predicted octanol–water partition coefficient (Wildman–Crippen LogP) is 2.77. The molecule has 4 heteroatoms. The molecule has 0 saturated carbocycles. The SMILES string of the molecule is CCCNc1cc(C2CCc3cccnc32)ncn1. The third kappa shape index (κ3) is 2.43. The van der Waals surface area contributed by atoms with E-state index < -0.39 is 0 Å². The Bertz CT molecular complexity index is 568. The molecule has 0 fully saturated rings. The molecule has 1 aliphatic carbocycles. The van der Waals surface area contributed by atoms with Crippen molar-refractivity contribution in [3.05, 3.63) is 47.7 Å². The van der Waals surface area contributed by atoms with Gasteiger partial charge in [-0.25, -0.2) is 9.97 Å². The number of nitrogens with zero attached hydrogens (tertiary/aromatic N) is 3. The van der Waals surface area contributed by atoms with Crippen LogP contribution >= 0.6 is 0 Å². The van der Waals surface area contributed by atoms with E-state index >= 15 is 0 Å². The molecule has 3 rings (SSSR count). The minimum atomic E-state index is 0.321. The van der Waals surface area contributed by atoms with Gasteiger partial charge in [-0.05, 0) is 30.9 Å². The van der Waals surface area contributed by atoms with Crippen molar-refractivity contribution in [1.82, 2.24) is 15.0 Å². The summed E-state index contributed by atoms with van der Waals surface area (Å²) in [5.41, 5.74) is 3.61. The van der Waals surface area contributed by atoms with E-state index in [1.54, 1.807) is 6.33 Å². The van der Waals surface area contributed by atoms with Crippen LogP contribution in [0.4, 0.5) is 5.82 Å². The van der Waals surface area contributed by atoms with Crippen molar-refractivity contribution in [2.24, 2.45) is 0 Å². The fraction of sp³-hybridized carbons (Fsp3) is 0.400. The molecule has 19 heavy (non-hydrogen) atoms. The lowest BCUT2D eigenvalue weighted by atomic mass is 10.0. The molecule has 0 amide bonds. The summed E-state index contributed by atoms with van der Waals surface area (Å²) < 4.78 is 0. The Kier molecular flexibility index (Phi) is 3.40. The van der Waals surface area contributed by atoms with Gasteiger partial charge in [0, 0.05) is 24.7 Å². The lowest BCUT2D eigenvalue weighted by molar-refractivity contribution is 0.742. The lowest BCUT2D eigenvalue weighted by Gasteiger charge is -2.11. The normalized spacial score (nSPS) is 17.2. The van der Waals surface area contributed by atoms with Crippen LogP contribution in [-0.4, -0.2) is 21.5 Å². The predicted molar refractivity (Wildman–Crippen MR) is 75.2 cm³/mol. The van der Waals surface area contributed by atoms with Crippen molar-refractivity contribution < 1.29 is 0 Å². The van der Waals surface area contributed by atoms with Crippen molar-refractivity contribution in [1.29, 1.82) is 0 Å². The number of fused-ring (bicyclic) bond motifs is 1. The quantitative estimate of drug-likeness (QED) is 0.911. The van der Waals surface area contributed by atoms with Crippen LogP contribution in [0.2, 0.25) is 0 Å². The second-order valence-electron chi connectivity index (χ2n) is 4.89. The maximum atomic E-state index is 4.53. The summed E-state index contributed by atoms with van der Waals surface area (Å²) in [7, 11) is 0. The summed E-state index contributed by atoms with van der Waals surface area (Å²) >= 11 is 0. The van der Waals surface area contributed by atoms with Gasteiger partial charge >= 0.3 is 0 Å². The lowest BCUT2D eigenvalue weighted by Crippen LogP contribution is -2.06. The Morgan fingerprint density at radius 1 is 1.32 bits per heavy atom. The molecule has 2 heterocycles. The number of pyridine rings is 1. The van der Waals surface area contributed by atoms with Crippen LogP contribution in [0.25, 0.3) is 0 Å². The molecular formula is C15H18N4. The van der Waals surface area contributed by atoms with E-state index in [0.717, 1.165) is 37.3 Å². The standard InChI is InChI=1S/C15H18N4/c1-2-7-16-14-9-13(18-10-19-14)12-6-5-11-4-3-8-17-15(11)12/h3-4,8-10,12H,2,5-7H2,1H3,(H,16,18,19). The molecule has 1 atom stereocenters. The fourth-order valence-corrected chi connectivity index (χ4v) is 2.61. The van der Waals surface area contributed by atoms with Crippen LogP contribution in [0.1, 0.15) is 42.6 Å². The van der Waals surface area contributed by atoms with E-state index in [1.165, 1.54) is 11.3 Å². The van der Waals surface area contributed by atoms with Crippen molar-refractivity contribution >= 4 is 5.82 Å². The van der Waals surface area contributed by atoms with Gasteiger partial charge in [-0.1, -0.05) is 13.0 Å². The fourth-order valence-electron chi connectivity index (χ4n) is 2.61.